The van der Waals surface area contributed by atoms with Crippen molar-refractivity contribution in [1.82, 2.24) is 5.32 Å². The standard InChI is InChI=1S/C16H16BrF2NO/c1-20-14(12-9-11(17)6-7-13(12)18)8-10-4-3-5-15(21-2)16(10)19/h3-7,9,14,20H,8H2,1-2H3. The normalized spacial score (nSPS) is 12.2. The molecule has 0 bridgehead atoms. The van der Waals surface area contributed by atoms with Crippen LogP contribution in [0.4, 0.5) is 8.78 Å². The summed E-state index contributed by atoms with van der Waals surface area (Å²) in [6.45, 7) is 0. The largest absolute Gasteiger partial charge is 0.494 e. The summed E-state index contributed by atoms with van der Waals surface area (Å²) < 4.78 is 33.9. The molecule has 2 aromatic rings. The van der Waals surface area contributed by atoms with Crippen LogP contribution in [0.1, 0.15) is 17.2 Å². The number of ether oxygens (including phenoxy) is 1. The van der Waals surface area contributed by atoms with Gasteiger partial charge >= 0.3 is 0 Å². The maximum atomic E-state index is 14.2. The SMILES string of the molecule is CNC(Cc1cccc(OC)c1F)c1cc(Br)ccc1F. The summed E-state index contributed by atoms with van der Waals surface area (Å²) in [5.41, 5.74) is 0.974. The van der Waals surface area contributed by atoms with Crippen molar-refractivity contribution in [3.8, 4) is 5.75 Å². The predicted octanol–water partition coefficient (Wildman–Crippen LogP) is 4.24. The Morgan fingerprint density at radius 2 is 2.00 bits per heavy atom. The lowest BCUT2D eigenvalue weighted by atomic mass is 9.98. The summed E-state index contributed by atoms with van der Waals surface area (Å²) in [6, 6.07) is 9.37. The van der Waals surface area contributed by atoms with Crippen molar-refractivity contribution in [2.75, 3.05) is 14.2 Å². The maximum absolute atomic E-state index is 14.2. The van der Waals surface area contributed by atoms with E-state index in [2.05, 4.69) is 21.2 Å². The van der Waals surface area contributed by atoms with Gasteiger partial charge in [0, 0.05) is 16.1 Å². The Labute approximate surface area is 131 Å². The Hall–Kier alpha value is -1.46. The highest BCUT2D eigenvalue weighted by molar-refractivity contribution is 9.10. The molecule has 1 unspecified atom stereocenters. The van der Waals surface area contributed by atoms with E-state index in [0.717, 1.165) is 4.47 Å². The van der Waals surface area contributed by atoms with Gasteiger partial charge in [0.25, 0.3) is 0 Å². The monoisotopic (exact) mass is 355 g/mol. The predicted molar refractivity (Wildman–Crippen MR) is 82.6 cm³/mol. The zero-order chi connectivity index (χ0) is 15.4. The van der Waals surface area contributed by atoms with E-state index in [0.29, 0.717) is 17.5 Å². The van der Waals surface area contributed by atoms with Crippen molar-refractivity contribution in [3.05, 3.63) is 63.6 Å². The molecular weight excluding hydrogens is 340 g/mol. The second kappa shape index (κ2) is 7.00. The Morgan fingerprint density at radius 3 is 2.67 bits per heavy atom. The first-order valence-electron chi connectivity index (χ1n) is 6.50. The molecule has 0 aromatic heterocycles. The number of hydrogen-bond donors (Lipinski definition) is 1. The number of nitrogens with one attached hydrogen (secondary N) is 1. The van der Waals surface area contributed by atoms with Crippen molar-refractivity contribution in [2.45, 2.75) is 12.5 Å². The molecular formula is C16H16BrF2NO. The lowest BCUT2D eigenvalue weighted by Crippen LogP contribution is -2.20. The number of rotatable bonds is 5. The summed E-state index contributed by atoms with van der Waals surface area (Å²) >= 11 is 3.33. The molecule has 0 aliphatic carbocycles. The second-order valence-electron chi connectivity index (χ2n) is 4.64. The van der Waals surface area contributed by atoms with Crippen LogP contribution in [0, 0.1) is 11.6 Å². The van der Waals surface area contributed by atoms with Gasteiger partial charge in [0.05, 0.1) is 7.11 Å². The van der Waals surface area contributed by atoms with Crippen LogP contribution in [0.3, 0.4) is 0 Å². The Balaban J connectivity index is 2.33. The molecule has 2 rings (SSSR count). The lowest BCUT2D eigenvalue weighted by Gasteiger charge is -2.18. The van der Waals surface area contributed by atoms with Gasteiger partial charge in [0.15, 0.2) is 11.6 Å². The quantitative estimate of drug-likeness (QED) is 0.865. The van der Waals surface area contributed by atoms with Crippen LogP contribution < -0.4 is 10.1 Å². The van der Waals surface area contributed by atoms with Gasteiger partial charge in [-0.05, 0) is 43.3 Å². The number of benzene rings is 2. The third-order valence-electron chi connectivity index (χ3n) is 3.37. The van der Waals surface area contributed by atoms with Gasteiger partial charge < -0.3 is 10.1 Å². The Morgan fingerprint density at radius 1 is 1.24 bits per heavy atom. The number of hydrogen-bond acceptors (Lipinski definition) is 2. The van der Waals surface area contributed by atoms with Gasteiger partial charge in [-0.25, -0.2) is 8.78 Å². The highest BCUT2D eigenvalue weighted by Crippen LogP contribution is 2.27. The minimum absolute atomic E-state index is 0.192. The van der Waals surface area contributed by atoms with E-state index < -0.39 is 5.82 Å². The van der Waals surface area contributed by atoms with E-state index in [1.165, 1.54) is 13.2 Å². The summed E-state index contributed by atoms with van der Waals surface area (Å²) in [6.07, 6.45) is 0.326. The fourth-order valence-corrected chi connectivity index (χ4v) is 2.62. The van der Waals surface area contributed by atoms with Crippen LogP contribution in [0.15, 0.2) is 40.9 Å². The van der Waals surface area contributed by atoms with E-state index in [4.69, 9.17) is 4.74 Å². The Kier molecular flexibility index (Phi) is 5.31. The van der Waals surface area contributed by atoms with Crippen LogP contribution in [0.2, 0.25) is 0 Å². The Bertz CT molecular complexity index is 634. The summed E-state index contributed by atoms with van der Waals surface area (Å²) in [4.78, 5) is 0. The van der Waals surface area contributed by atoms with E-state index >= 15 is 0 Å². The molecule has 112 valence electrons. The zero-order valence-electron chi connectivity index (χ0n) is 11.8. The zero-order valence-corrected chi connectivity index (χ0v) is 13.4. The topological polar surface area (TPSA) is 21.3 Å². The molecule has 0 fully saturated rings. The average Bonchev–Trinajstić information content (AvgIpc) is 2.49. The first-order chi connectivity index (χ1) is 10.1. The summed E-state index contributed by atoms with van der Waals surface area (Å²) in [5.74, 6) is -0.534. The van der Waals surface area contributed by atoms with Gasteiger partial charge in [-0.2, -0.15) is 0 Å². The molecule has 0 heterocycles. The smallest absolute Gasteiger partial charge is 0.168 e. The van der Waals surface area contributed by atoms with Crippen molar-refractivity contribution in [2.24, 2.45) is 0 Å². The molecule has 21 heavy (non-hydrogen) atoms. The number of methoxy groups -OCH3 is 1. The average molecular weight is 356 g/mol. The number of halogens is 3. The van der Waals surface area contributed by atoms with Gasteiger partial charge in [-0.3, -0.25) is 0 Å². The number of likely N-dealkylation sites (N-methyl/N-ethyl adjacent to an activating group) is 1. The molecule has 1 atom stereocenters. The van der Waals surface area contributed by atoms with E-state index in [1.807, 2.05) is 0 Å². The van der Waals surface area contributed by atoms with Gasteiger partial charge in [-0.1, -0.05) is 28.1 Å². The molecule has 0 spiro atoms. The maximum Gasteiger partial charge on any atom is 0.168 e. The van der Waals surface area contributed by atoms with Crippen LogP contribution in [-0.4, -0.2) is 14.2 Å². The van der Waals surface area contributed by atoms with E-state index in [1.54, 1.807) is 37.4 Å². The van der Waals surface area contributed by atoms with Crippen LogP contribution in [0.25, 0.3) is 0 Å². The molecule has 0 aliphatic heterocycles. The molecule has 0 aliphatic rings. The van der Waals surface area contributed by atoms with Gasteiger partial charge in [-0.15, -0.1) is 0 Å². The molecule has 0 radical (unpaired) electrons. The molecule has 2 aromatic carbocycles. The molecule has 5 heteroatoms. The fraction of sp³-hybridized carbons (Fsp3) is 0.250. The lowest BCUT2D eigenvalue weighted by molar-refractivity contribution is 0.382. The van der Waals surface area contributed by atoms with Crippen LogP contribution >= 0.6 is 15.9 Å². The van der Waals surface area contributed by atoms with Crippen LogP contribution in [0.5, 0.6) is 5.75 Å². The molecule has 0 saturated carbocycles. The van der Waals surface area contributed by atoms with Gasteiger partial charge in [0.2, 0.25) is 0 Å². The molecule has 0 amide bonds. The molecule has 0 saturated heterocycles. The van der Waals surface area contributed by atoms with Crippen LogP contribution in [-0.2, 0) is 6.42 Å². The third-order valence-corrected chi connectivity index (χ3v) is 3.86. The third kappa shape index (κ3) is 3.60. The highest BCUT2D eigenvalue weighted by Gasteiger charge is 2.18. The first kappa shape index (κ1) is 15.9. The van der Waals surface area contributed by atoms with Crippen molar-refractivity contribution in [1.29, 1.82) is 0 Å². The van der Waals surface area contributed by atoms with Crippen molar-refractivity contribution >= 4 is 15.9 Å². The minimum Gasteiger partial charge on any atom is -0.494 e. The summed E-state index contributed by atoms with van der Waals surface area (Å²) in [7, 11) is 3.15. The molecule has 1 N–H and O–H groups in total. The minimum atomic E-state index is -0.407. The first-order valence-corrected chi connectivity index (χ1v) is 7.29. The molecule has 2 nitrogen and oxygen atoms in total. The second-order valence-corrected chi connectivity index (χ2v) is 5.56. The van der Waals surface area contributed by atoms with E-state index in [9.17, 15) is 8.78 Å². The van der Waals surface area contributed by atoms with Crippen molar-refractivity contribution < 1.29 is 13.5 Å². The summed E-state index contributed by atoms with van der Waals surface area (Å²) in [5, 5.41) is 3.03. The van der Waals surface area contributed by atoms with Crippen molar-refractivity contribution in [3.63, 3.8) is 0 Å². The van der Waals surface area contributed by atoms with Gasteiger partial charge in [0.1, 0.15) is 5.82 Å². The highest BCUT2D eigenvalue weighted by atomic mass is 79.9. The fourth-order valence-electron chi connectivity index (χ4n) is 2.24. The van der Waals surface area contributed by atoms with E-state index in [-0.39, 0.29) is 17.6 Å².